The molecule has 0 saturated heterocycles. The van der Waals surface area contributed by atoms with E-state index in [9.17, 15) is 9.59 Å². The lowest BCUT2D eigenvalue weighted by Crippen LogP contribution is -2.30. The minimum atomic E-state index is -0.924. The van der Waals surface area contributed by atoms with E-state index in [0.717, 1.165) is 4.90 Å². The normalized spacial score (nSPS) is 11.3. The monoisotopic (exact) mass is 346 g/mol. The number of anilines is 1. The van der Waals surface area contributed by atoms with E-state index >= 15 is 0 Å². The molecule has 1 aromatic carbocycles. The van der Waals surface area contributed by atoms with Crippen LogP contribution in [-0.4, -0.2) is 23.7 Å². The molecule has 0 aliphatic carbocycles. The van der Waals surface area contributed by atoms with E-state index in [4.69, 9.17) is 10.00 Å². The minimum absolute atomic E-state index is 0.129. The Hall–Kier alpha value is -2.30. The molecule has 1 atom stereocenters. The highest BCUT2D eigenvalue weighted by Crippen LogP contribution is 2.22. The highest BCUT2D eigenvalue weighted by Gasteiger charge is 2.19. The lowest BCUT2D eigenvalue weighted by atomic mass is 10.3. The van der Waals surface area contributed by atoms with E-state index in [2.05, 4.69) is 5.32 Å². The van der Waals surface area contributed by atoms with Gasteiger partial charge in [0, 0.05) is 4.90 Å². The third-order valence-electron chi connectivity index (χ3n) is 2.80. The van der Waals surface area contributed by atoms with Crippen molar-refractivity contribution < 1.29 is 14.3 Å². The van der Waals surface area contributed by atoms with Crippen molar-refractivity contribution in [3.63, 3.8) is 0 Å². The van der Waals surface area contributed by atoms with Crippen molar-refractivity contribution >= 4 is 40.0 Å². The number of nitrogens with zero attached hydrogens (tertiary/aromatic N) is 1. The average molecular weight is 346 g/mol. The number of nitrogens with one attached hydrogen (secondary N) is 1. The molecule has 0 aliphatic heterocycles. The molecule has 1 heterocycles. The molecule has 23 heavy (non-hydrogen) atoms. The first kappa shape index (κ1) is 17.1. The van der Waals surface area contributed by atoms with Gasteiger partial charge < -0.3 is 10.1 Å². The quantitative estimate of drug-likeness (QED) is 0.641. The Morgan fingerprint density at radius 1 is 1.35 bits per heavy atom. The van der Waals surface area contributed by atoms with Gasteiger partial charge in [0.25, 0.3) is 5.91 Å². The molecule has 2 rings (SSSR count). The van der Waals surface area contributed by atoms with Gasteiger partial charge in [0.15, 0.2) is 6.10 Å². The lowest BCUT2D eigenvalue weighted by molar-refractivity contribution is -0.150. The summed E-state index contributed by atoms with van der Waals surface area (Å²) in [4.78, 5) is 24.7. The Morgan fingerprint density at radius 3 is 2.78 bits per heavy atom. The highest BCUT2D eigenvalue weighted by atomic mass is 32.2. The van der Waals surface area contributed by atoms with E-state index in [1.807, 2.05) is 36.4 Å². The van der Waals surface area contributed by atoms with Crippen molar-refractivity contribution in [1.29, 1.82) is 5.26 Å². The summed E-state index contributed by atoms with van der Waals surface area (Å²) in [5.74, 6) is -0.792. The number of nitriles is 1. The van der Waals surface area contributed by atoms with Crippen molar-refractivity contribution in [3.05, 3.63) is 47.3 Å². The number of amides is 1. The fourth-order valence-electron chi connectivity index (χ4n) is 1.65. The number of thioether (sulfide) groups is 1. The molecule has 0 fully saturated rings. The van der Waals surface area contributed by atoms with Crippen LogP contribution in [0.15, 0.2) is 46.7 Å². The maximum Gasteiger partial charge on any atom is 0.317 e. The molecule has 0 unspecified atom stereocenters. The molecule has 0 bridgehead atoms. The van der Waals surface area contributed by atoms with Gasteiger partial charge in [-0.05, 0) is 30.5 Å². The third kappa shape index (κ3) is 5.13. The van der Waals surface area contributed by atoms with Crippen LogP contribution in [0.5, 0.6) is 0 Å². The predicted octanol–water partition coefficient (Wildman–Crippen LogP) is 3.28. The molecule has 2 aromatic rings. The van der Waals surface area contributed by atoms with Gasteiger partial charge in [0.2, 0.25) is 0 Å². The first-order valence-electron chi connectivity index (χ1n) is 6.76. The molecule has 0 aliphatic rings. The van der Waals surface area contributed by atoms with Gasteiger partial charge in [-0.15, -0.1) is 23.1 Å². The first-order chi connectivity index (χ1) is 11.1. The molecular formula is C16H14N2O3S2. The van der Waals surface area contributed by atoms with Crippen LogP contribution < -0.4 is 5.32 Å². The first-order valence-corrected chi connectivity index (χ1v) is 8.62. The summed E-state index contributed by atoms with van der Waals surface area (Å²) in [5, 5.41) is 13.7. The van der Waals surface area contributed by atoms with Crippen LogP contribution in [0.4, 0.5) is 5.00 Å². The van der Waals surface area contributed by atoms with Gasteiger partial charge in [-0.3, -0.25) is 9.59 Å². The van der Waals surface area contributed by atoms with Gasteiger partial charge in [-0.25, -0.2) is 0 Å². The molecule has 7 heteroatoms. The number of carbonyl (C=O) groups is 2. The van der Waals surface area contributed by atoms with Gasteiger partial charge in [-0.2, -0.15) is 5.26 Å². The second-order valence-corrected chi connectivity index (χ2v) is 6.46. The molecule has 1 aromatic heterocycles. The van der Waals surface area contributed by atoms with E-state index in [1.54, 1.807) is 11.4 Å². The number of rotatable bonds is 6. The van der Waals surface area contributed by atoms with E-state index < -0.39 is 18.0 Å². The largest absolute Gasteiger partial charge is 0.452 e. The number of esters is 1. The Labute approximate surface area is 142 Å². The van der Waals surface area contributed by atoms with Gasteiger partial charge >= 0.3 is 5.97 Å². The van der Waals surface area contributed by atoms with Crippen molar-refractivity contribution in [3.8, 4) is 6.07 Å². The molecule has 1 amide bonds. The fourth-order valence-corrected chi connectivity index (χ4v) is 3.09. The van der Waals surface area contributed by atoms with Gasteiger partial charge in [0.1, 0.15) is 11.1 Å². The summed E-state index contributed by atoms with van der Waals surface area (Å²) >= 11 is 2.59. The summed E-state index contributed by atoms with van der Waals surface area (Å²) in [6, 6.07) is 13.1. The number of benzene rings is 1. The second kappa shape index (κ2) is 8.36. The van der Waals surface area contributed by atoms with Crippen LogP contribution in [0.1, 0.15) is 12.5 Å². The van der Waals surface area contributed by atoms with Gasteiger partial charge in [0.05, 0.1) is 11.3 Å². The van der Waals surface area contributed by atoms with E-state index in [-0.39, 0.29) is 5.75 Å². The third-order valence-corrected chi connectivity index (χ3v) is 4.62. The number of hydrogen-bond acceptors (Lipinski definition) is 6. The van der Waals surface area contributed by atoms with Crippen LogP contribution >= 0.6 is 23.1 Å². The Morgan fingerprint density at radius 2 is 2.09 bits per heavy atom. The SMILES string of the molecule is C[C@H](OC(=O)CSc1ccccc1)C(=O)Nc1sccc1C#N. The smallest absolute Gasteiger partial charge is 0.317 e. The standard InChI is InChI=1S/C16H14N2O3S2/c1-11(15(20)18-16-12(9-17)7-8-22-16)21-14(19)10-23-13-5-3-2-4-6-13/h2-8,11H,10H2,1H3,(H,18,20)/t11-/m0/s1. The zero-order chi connectivity index (χ0) is 16.7. The molecule has 0 spiro atoms. The zero-order valence-electron chi connectivity index (χ0n) is 12.3. The summed E-state index contributed by atoms with van der Waals surface area (Å²) in [7, 11) is 0. The highest BCUT2D eigenvalue weighted by molar-refractivity contribution is 8.00. The summed E-state index contributed by atoms with van der Waals surface area (Å²) in [6.07, 6.45) is -0.924. The Balaban J connectivity index is 1.81. The van der Waals surface area contributed by atoms with Crippen LogP contribution in [-0.2, 0) is 14.3 Å². The van der Waals surface area contributed by atoms with E-state index in [0.29, 0.717) is 10.6 Å². The molecule has 118 valence electrons. The lowest BCUT2D eigenvalue weighted by Gasteiger charge is -2.12. The van der Waals surface area contributed by atoms with Crippen LogP contribution in [0.3, 0.4) is 0 Å². The minimum Gasteiger partial charge on any atom is -0.452 e. The number of hydrogen-bond donors (Lipinski definition) is 1. The van der Waals surface area contributed by atoms with Crippen LogP contribution in [0.2, 0.25) is 0 Å². The number of ether oxygens (including phenoxy) is 1. The van der Waals surface area contributed by atoms with Crippen LogP contribution in [0, 0.1) is 11.3 Å². The van der Waals surface area contributed by atoms with Crippen LogP contribution in [0.25, 0.3) is 0 Å². The maximum atomic E-state index is 12.0. The van der Waals surface area contributed by atoms with Crippen molar-refractivity contribution in [2.45, 2.75) is 17.9 Å². The Kier molecular flexibility index (Phi) is 6.20. The molecule has 1 N–H and O–H groups in total. The zero-order valence-corrected chi connectivity index (χ0v) is 13.9. The summed E-state index contributed by atoms with van der Waals surface area (Å²) < 4.78 is 5.11. The topological polar surface area (TPSA) is 79.2 Å². The van der Waals surface area contributed by atoms with Crippen molar-refractivity contribution in [2.24, 2.45) is 0 Å². The van der Waals surface area contributed by atoms with Crippen molar-refractivity contribution in [2.75, 3.05) is 11.1 Å². The molecule has 0 saturated carbocycles. The van der Waals surface area contributed by atoms with Crippen molar-refractivity contribution in [1.82, 2.24) is 0 Å². The predicted molar refractivity (Wildman–Crippen MR) is 90.4 cm³/mol. The summed E-state index contributed by atoms with van der Waals surface area (Å²) in [5.41, 5.74) is 0.390. The second-order valence-electron chi connectivity index (χ2n) is 4.50. The number of thiophene rings is 1. The Bertz CT molecular complexity index is 722. The van der Waals surface area contributed by atoms with E-state index in [1.165, 1.54) is 30.0 Å². The molecule has 5 nitrogen and oxygen atoms in total. The summed E-state index contributed by atoms with van der Waals surface area (Å²) in [6.45, 7) is 1.50. The number of carbonyl (C=O) groups excluding carboxylic acids is 2. The fraction of sp³-hybridized carbons (Fsp3) is 0.188. The molecular weight excluding hydrogens is 332 g/mol. The van der Waals surface area contributed by atoms with Gasteiger partial charge in [-0.1, -0.05) is 18.2 Å². The molecule has 0 radical (unpaired) electrons. The maximum absolute atomic E-state index is 12.0. The average Bonchev–Trinajstić information content (AvgIpc) is 3.01.